The lowest BCUT2D eigenvalue weighted by molar-refractivity contribution is 0.314. The number of aryl methyl sites for hydroxylation is 1. The predicted octanol–water partition coefficient (Wildman–Crippen LogP) is 0.842. The Kier molecular flexibility index (Phi) is 4.52. The molecule has 0 aliphatic carbocycles. The Morgan fingerprint density at radius 1 is 1.39 bits per heavy atom. The number of nitrogens with one attached hydrogen (secondary N) is 1. The van der Waals surface area contributed by atoms with E-state index in [4.69, 9.17) is 5.73 Å². The van der Waals surface area contributed by atoms with Crippen LogP contribution in [0.4, 0.5) is 0 Å². The molecule has 0 saturated carbocycles. The highest BCUT2D eigenvalue weighted by molar-refractivity contribution is 7.89. The zero-order valence-corrected chi connectivity index (χ0v) is 12.4. The SMILES string of the molecule is Cc1[nH]nc(S(=O)(=O)N(C)C(C)C(C)C)c1CN. The first kappa shape index (κ1) is 15.1. The van der Waals surface area contributed by atoms with Gasteiger partial charge in [0.1, 0.15) is 0 Å². The van der Waals surface area contributed by atoms with Gasteiger partial charge in [0, 0.05) is 30.9 Å². The molecule has 3 N–H and O–H groups in total. The Hall–Kier alpha value is -0.920. The molecule has 6 nitrogen and oxygen atoms in total. The fraction of sp³-hybridized carbons (Fsp3) is 0.727. The second-order valence-corrected chi connectivity index (χ2v) is 6.76. The van der Waals surface area contributed by atoms with Crippen molar-refractivity contribution in [1.82, 2.24) is 14.5 Å². The van der Waals surface area contributed by atoms with Crippen molar-refractivity contribution in [2.24, 2.45) is 11.7 Å². The molecule has 0 spiro atoms. The fourth-order valence-corrected chi connectivity index (χ4v) is 3.32. The third kappa shape index (κ3) is 2.57. The van der Waals surface area contributed by atoms with Gasteiger partial charge in [0.15, 0.2) is 5.03 Å². The summed E-state index contributed by atoms with van der Waals surface area (Å²) in [6, 6.07) is -0.0994. The maximum absolute atomic E-state index is 12.5. The van der Waals surface area contributed by atoms with Crippen molar-refractivity contribution < 1.29 is 8.42 Å². The minimum atomic E-state index is -3.59. The third-order valence-corrected chi connectivity index (χ3v) is 5.32. The van der Waals surface area contributed by atoms with Gasteiger partial charge in [-0.25, -0.2) is 8.42 Å². The Labute approximate surface area is 109 Å². The molecule has 0 saturated heterocycles. The molecular formula is C11H22N4O2S. The van der Waals surface area contributed by atoms with Crippen molar-refractivity contribution in [3.05, 3.63) is 11.3 Å². The van der Waals surface area contributed by atoms with Gasteiger partial charge >= 0.3 is 0 Å². The Balaban J connectivity index is 3.21. The van der Waals surface area contributed by atoms with Gasteiger partial charge in [-0.3, -0.25) is 5.10 Å². The van der Waals surface area contributed by atoms with Crippen molar-refractivity contribution in [2.45, 2.75) is 45.3 Å². The molecule has 0 amide bonds. The minimum Gasteiger partial charge on any atom is -0.326 e. The number of rotatable bonds is 5. The van der Waals surface area contributed by atoms with Crippen LogP contribution in [0.3, 0.4) is 0 Å². The van der Waals surface area contributed by atoms with Crippen LogP contribution in [-0.2, 0) is 16.6 Å². The van der Waals surface area contributed by atoms with Crippen molar-refractivity contribution in [2.75, 3.05) is 7.05 Å². The second kappa shape index (κ2) is 5.38. The van der Waals surface area contributed by atoms with Crippen LogP contribution in [0.1, 0.15) is 32.0 Å². The number of nitrogens with two attached hydrogens (primary N) is 1. The molecule has 1 unspecified atom stereocenters. The highest BCUT2D eigenvalue weighted by Crippen LogP contribution is 2.22. The van der Waals surface area contributed by atoms with Crippen molar-refractivity contribution in [3.8, 4) is 0 Å². The summed E-state index contributed by atoms with van der Waals surface area (Å²) in [6.45, 7) is 7.76. The van der Waals surface area contributed by atoms with E-state index < -0.39 is 10.0 Å². The molecule has 0 aliphatic heterocycles. The molecule has 1 aromatic rings. The van der Waals surface area contributed by atoms with Crippen LogP contribution in [0.15, 0.2) is 5.03 Å². The Morgan fingerprint density at radius 2 is 1.94 bits per heavy atom. The van der Waals surface area contributed by atoms with E-state index in [0.29, 0.717) is 11.3 Å². The van der Waals surface area contributed by atoms with Gasteiger partial charge in [-0.2, -0.15) is 9.40 Å². The normalized spacial score (nSPS) is 14.4. The number of hydrogen-bond acceptors (Lipinski definition) is 4. The standard InChI is InChI=1S/C11H22N4O2S/c1-7(2)9(4)15(5)18(16,17)11-10(6-12)8(3)13-14-11/h7,9H,6,12H2,1-5H3,(H,13,14). The van der Waals surface area contributed by atoms with Gasteiger partial charge < -0.3 is 5.73 Å². The van der Waals surface area contributed by atoms with Gasteiger partial charge in [-0.1, -0.05) is 13.8 Å². The molecule has 0 fully saturated rings. The van der Waals surface area contributed by atoms with E-state index in [1.807, 2.05) is 20.8 Å². The summed E-state index contributed by atoms with van der Waals surface area (Å²) in [5.74, 6) is 0.228. The van der Waals surface area contributed by atoms with Gasteiger partial charge in [-0.05, 0) is 19.8 Å². The summed E-state index contributed by atoms with van der Waals surface area (Å²) in [4.78, 5) is 0. The number of hydrogen-bond donors (Lipinski definition) is 2. The van der Waals surface area contributed by atoms with Gasteiger partial charge in [-0.15, -0.1) is 0 Å². The monoisotopic (exact) mass is 274 g/mol. The molecule has 18 heavy (non-hydrogen) atoms. The Bertz CT molecular complexity index is 507. The zero-order valence-electron chi connectivity index (χ0n) is 11.6. The molecule has 7 heteroatoms. The van der Waals surface area contributed by atoms with E-state index in [2.05, 4.69) is 10.2 Å². The smallest absolute Gasteiger partial charge is 0.262 e. The molecule has 1 aromatic heterocycles. The number of sulfonamides is 1. The lowest BCUT2D eigenvalue weighted by Crippen LogP contribution is -2.38. The van der Waals surface area contributed by atoms with E-state index in [0.717, 1.165) is 0 Å². The van der Waals surface area contributed by atoms with E-state index in [1.54, 1.807) is 14.0 Å². The summed E-state index contributed by atoms with van der Waals surface area (Å²) < 4.78 is 26.3. The average molecular weight is 274 g/mol. The van der Waals surface area contributed by atoms with Crippen molar-refractivity contribution in [3.63, 3.8) is 0 Å². The first-order valence-electron chi connectivity index (χ1n) is 5.95. The number of aromatic nitrogens is 2. The fourth-order valence-electron chi connectivity index (χ4n) is 1.66. The largest absolute Gasteiger partial charge is 0.326 e. The van der Waals surface area contributed by atoms with Gasteiger partial charge in [0.25, 0.3) is 10.0 Å². The van der Waals surface area contributed by atoms with Crippen molar-refractivity contribution in [1.29, 1.82) is 0 Å². The lowest BCUT2D eigenvalue weighted by atomic mass is 10.1. The summed E-state index contributed by atoms with van der Waals surface area (Å²) in [7, 11) is -2.02. The van der Waals surface area contributed by atoms with Crippen LogP contribution in [0.25, 0.3) is 0 Å². The van der Waals surface area contributed by atoms with Crippen LogP contribution >= 0.6 is 0 Å². The van der Waals surface area contributed by atoms with Crippen molar-refractivity contribution >= 4 is 10.0 Å². The number of aromatic amines is 1. The van der Waals surface area contributed by atoms with Crippen LogP contribution < -0.4 is 5.73 Å². The number of H-pyrrole nitrogens is 1. The molecule has 0 bridgehead atoms. The summed E-state index contributed by atoms with van der Waals surface area (Å²) in [5, 5.41) is 6.61. The molecule has 0 aromatic carbocycles. The zero-order chi connectivity index (χ0) is 14.1. The van der Waals surface area contributed by atoms with E-state index in [9.17, 15) is 8.42 Å². The van der Waals surface area contributed by atoms with Gasteiger partial charge in [0.05, 0.1) is 0 Å². The number of nitrogens with zero attached hydrogens (tertiary/aromatic N) is 2. The summed E-state index contributed by atoms with van der Waals surface area (Å²) >= 11 is 0. The third-order valence-electron chi connectivity index (χ3n) is 3.40. The first-order valence-corrected chi connectivity index (χ1v) is 7.39. The molecule has 0 aliphatic rings. The minimum absolute atomic E-state index is 0.0394. The summed E-state index contributed by atoms with van der Waals surface area (Å²) in [6.07, 6.45) is 0. The molecule has 1 atom stereocenters. The van der Waals surface area contributed by atoms with E-state index in [1.165, 1.54) is 4.31 Å². The first-order chi connectivity index (χ1) is 8.23. The predicted molar refractivity (Wildman–Crippen MR) is 70.5 cm³/mol. The van der Waals surface area contributed by atoms with Crippen LogP contribution in [0.2, 0.25) is 0 Å². The maximum atomic E-state index is 12.5. The molecule has 1 rings (SSSR count). The molecular weight excluding hydrogens is 252 g/mol. The van der Waals surface area contributed by atoms with Gasteiger partial charge in [0.2, 0.25) is 0 Å². The van der Waals surface area contributed by atoms with E-state index >= 15 is 0 Å². The van der Waals surface area contributed by atoms with E-state index in [-0.39, 0.29) is 23.5 Å². The van der Waals surface area contributed by atoms with Crippen LogP contribution in [0.5, 0.6) is 0 Å². The molecule has 1 heterocycles. The highest BCUT2D eigenvalue weighted by atomic mass is 32.2. The molecule has 0 radical (unpaired) electrons. The lowest BCUT2D eigenvalue weighted by Gasteiger charge is -2.26. The maximum Gasteiger partial charge on any atom is 0.262 e. The Morgan fingerprint density at radius 3 is 2.39 bits per heavy atom. The second-order valence-electron chi connectivity index (χ2n) is 4.84. The molecule has 104 valence electrons. The quantitative estimate of drug-likeness (QED) is 0.832. The highest BCUT2D eigenvalue weighted by Gasteiger charge is 2.31. The summed E-state index contributed by atoms with van der Waals surface area (Å²) in [5.41, 5.74) is 6.84. The average Bonchev–Trinajstić information content (AvgIpc) is 2.68. The van der Waals surface area contributed by atoms with Crippen LogP contribution in [-0.4, -0.2) is 36.0 Å². The topological polar surface area (TPSA) is 92.1 Å². The van der Waals surface area contributed by atoms with Crippen LogP contribution in [0, 0.1) is 12.8 Å².